The molecule has 0 amide bonds. The average molecular weight is 256 g/mol. The molecule has 0 bridgehead atoms. The fraction of sp³-hybridized carbons (Fsp3) is 0.529. The Hall–Kier alpha value is -1.28. The molecule has 3 rings (SSSR count). The summed E-state index contributed by atoms with van der Waals surface area (Å²) >= 11 is 0. The number of benzene rings is 1. The fourth-order valence-corrected chi connectivity index (χ4v) is 3.17. The van der Waals surface area contributed by atoms with E-state index in [4.69, 9.17) is 5.73 Å². The zero-order valence-electron chi connectivity index (χ0n) is 11.8. The molecule has 0 aliphatic heterocycles. The summed E-state index contributed by atoms with van der Waals surface area (Å²) in [5.74, 6) is 0. The lowest BCUT2D eigenvalue weighted by Crippen LogP contribution is -2.18. The lowest BCUT2D eigenvalue weighted by Gasteiger charge is -2.16. The van der Waals surface area contributed by atoms with Crippen LogP contribution in [0.25, 0.3) is 10.9 Å². The van der Waals surface area contributed by atoms with Crippen molar-refractivity contribution in [1.29, 1.82) is 0 Å². The molecular weight excluding hydrogens is 232 g/mol. The average Bonchev–Trinajstić information content (AvgIpc) is 2.84. The van der Waals surface area contributed by atoms with E-state index in [9.17, 15) is 0 Å². The normalized spacial score (nSPS) is 16.5. The highest BCUT2D eigenvalue weighted by atomic mass is 14.7. The van der Waals surface area contributed by atoms with Gasteiger partial charge < -0.3 is 10.7 Å². The first kappa shape index (κ1) is 12.7. The molecule has 2 nitrogen and oxygen atoms in total. The van der Waals surface area contributed by atoms with Crippen molar-refractivity contribution >= 4 is 10.9 Å². The van der Waals surface area contributed by atoms with Gasteiger partial charge in [0.05, 0.1) is 0 Å². The van der Waals surface area contributed by atoms with E-state index in [0.717, 1.165) is 19.3 Å². The van der Waals surface area contributed by atoms with Gasteiger partial charge in [-0.1, -0.05) is 6.92 Å². The van der Waals surface area contributed by atoms with Crippen molar-refractivity contribution in [3.05, 3.63) is 35.0 Å². The number of aryl methyl sites for hydroxylation is 3. The highest BCUT2D eigenvalue weighted by molar-refractivity contribution is 5.85. The van der Waals surface area contributed by atoms with Crippen LogP contribution in [0.3, 0.4) is 0 Å². The first-order valence-electron chi connectivity index (χ1n) is 7.65. The Morgan fingerprint density at radius 2 is 1.95 bits per heavy atom. The van der Waals surface area contributed by atoms with E-state index in [0.29, 0.717) is 6.04 Å². The van der Waals surface area contributed by atoms with Gasteiger partial charge in [-0.25, -0.2) is 0 Å². The summed E-state index contributed by atoms with van der Waals surface area (Å²) in [7, 11) is 0. The largest absolute Gasteiger partial charge is 0.361 e. The van der Waals surface area contributed by atoms with Crippen molar-refractivity contribution in [2.45, 2.75) is 57.9 Å². The number of aromatic amines is 1. The van der Waals surface area contributed by atoms with Crippen LogP contribution in [0.2, 0.25) is 0 Å². The number of hydrogen-bond donors (Lipinski definition) is 2. The Morgan fingerprint density at radius 3 is 2.68 bits per heavy atom. The van der Waals surface area contributed by atoms with Crippen LogP contribution in [0, 0.1) is 0 Å². The molecule has 1 aliphatic carbocycles. The summed E-state index contributed by atoms with van der Waals surface area (Å²) in [6.07, 6.45) is 10.6. The highest BCUT2D eigenvalue weighted by Gasteiger charge is 2.13. The molecular formula is C17H24N2. The molecule has 1 atom stereocenters. The summed E-state index contributed by atoms with van der Waals surface area (Å²) in [5.41, 5.74) is 11.9. The number of nitrogens with one attached hydrogen (secondary N) is 1. The van der Waals surface area contributed by atoms with Crippen LogP contribution in [-0.4, -0.2) is 11.0 Å². The van der Waals surface area contributed by atoms with Crippen molar-refractivity contribution < 1.29 is 0 Å². The minimum atomic E-state index is 0.336. The zero-order valence-corrected chi connectivity index (χ0v) is 11.8. The third kappa shape index (κ3) is 2.55. The third-order valence-electron chi connectivity index (χ3n) is 4.54. The van der Waals surface area contributed by atoms with Gasteiger partial charge in [-0.3, -0.25) is 0 Å². The highest BCUT2D eigenvalue weighted by Crippen LogP contribution is 2.28. The van der Waals surface area contributed by atoms with Gasteiger partial charge in [0.1, 0.15) is 0 Å². The van der Waals surface area contributed by atoms with E-state index >= 15 is 0 Å². The Kier molecular flexibility index (Phi) is 3.61. The number of hydrogen-bond acceptors (Lipinski definition) is 1. The van der Waals surface area contributed by atoms with Crippen LogP contribution in [0.1, 0.15) is 49.3 Å². The molecule has 0 radical (unpaired) electrons. The summed E-state index contributed by atoms with van der Waals surface area (Å²) in [6.45, 7) is 2.16. The second-order valence-corrected chi connectivity index (χ2v) is 5.89. The molecule has 3 N–H and O–H groups in total. The standard InChI is InChI=1S/C17H24N2/c1-2-15(18)8-7-14-11-19-17-10-13-6-4-3-5-12(13)9-16(14)17/h9-11,15,19H,2-8,18H2,1H3. The number of nitrogens with two attached hydrogens (primary N) is 1. The summed E-state index contributed by atoms with van der Waals surface area (Å²) in [4.78, 5) is 3.44. The van der Waals surface area contributed by atoms with Crippen LogP contribution in [0.5, 0.6) is 0 Å². The minimum Gasteiger partial charge on any atom is -0.361 e. The van der Waals surface area contributed by atoms with Crippen molar-refractivity contribution in [2.75, 3.05) is 0 Å². The van der Waals surface area contributed by atoms with Gasteiger partial charge in [-0.2, -0.15) is 0 Å². The Balaban J connectivity index is 1.89. The monoisotopic (exact) mass is 256 g/mol. The second kappa shape index (κ2) is 5.38. The number of rotatable bonds is 4. The lowest BCUT2D eigenvalue weighted by atomic mass is 9.90. The molecule has 1 aromatic heterocycles. The molecule has 0 saturated heterocycles. The van der Waals surface area contributed by atoms with E-state index in [1.807, 2.05) is 0 Å². The van der Waals surface area contributed by atoms with Crippen molar-refractivity contribution in [3.63, 3.8) is 0 Å². The quantitative estimate of drug-likeness (QED) is 0.860. The van der Waals surface area contributed by atoms with Crippen LogP contribution < -0.4 is 5.73 Å². The van der Waals surface area contributed by atoms with Gasteiger partial charge >= 0.3 is 0 Å². The van der Waals surface area contributed by atoms with E-state index in [1.54, 1.807) is 11.1 Å². The van der Waals surface area contributed by atoms with Gasteiger partial charge in [-0.15, -0.1) is 0 Å². The van der Waals surface area contributed by atoms with Gasteiger partial charge in [0.15, 0.2) is 0 Å². The molecule has 0 saturated carbocycles. The van der Waals surface area contributed by atoms with E-state index < -0.39 is 0 Å². The third-order valence-corrected chi connectivity index (χ3v) is 4.54. The van der Waals surface area contributed by atoms with E-state index in [1.165, 1.54) is 42.1 Å². The van der Waals surface area contributed by atoms with Crippen LogP contribution in [-0.2, 0) is 19.3 Å². The predicted molar refractivity (Wildman–Crippen MR) is 81.5 cm³/mol. The molecule has 0 spiro atoms. The first-order chi connectivity index (χ1) is 9.28. The fourth-order valence-electron chi connectivity index (χ4n) is 3.17. The number of aromatic nitrogens is 1. The van der Waals surface area contributed by atoms with Gasteiger partial charge in [0, 0.05) is 23.1 Å². The SMILES string of the molecule is CCC(N)CCc1c[nH]c2cc3c(cc12)CCCC3. The van der Waals surface area contributed by atoms with E-state index in [-0.39, 0.29) is 0 Å². The van der Waals surface area contributed by atoms with Crippen molar-refractivity contribution in [3.8, 4) is 0 Å². The Labute approximate surface area is 115 Å². The predicted octanol–water partition coefficient (Wildman–Crippen LogP) is 3.72. The molecule has 1 heterocycles. The molecule has 1 aromatic carbocycles. The molecule has 1 unspecified atom stereocenters. The maximum atomic E-state index is 6.03. The first-order valence-corrected chi connectivity index (χ1v) is 7.65. The lowest BCUT2D eigenvalue weighted by molar-refractivity contribution is 0.597. The van der Waals surface area contributed by atoms with Gasteiger partial charge in [-0.05, 0) is 73.8 Å². The van der Waals surface area contributed by atoms with Crippen molar-refractivity contribution in [2.24, 2.45) is 5.73 Å². The maximum absolute atomic E-state index is 6.03. The molecule has 1 aliphatic rings. The topological polar surface area (TPSA) is 41.8 Å². The smallest absolute Gasteiger partial charge is 0.0459 e. The molecule has 19 heavy (non-hydrogen) atoms. The molecule has 102 valence electrons. The number of fused-ring (bicyclic) bond motifs is 2. The Morgan fingerprint density at radius 1 is 1.21 bits per heavy atom. The van der Waals surface area contributed by atoms with Crippen molar-refractivity contribution in [1.82, 2.24) is 4.98 Å². The Bertz CT molecular complexity index is 568. The minimum absolute atomic E-state index is 0.336. The van der Waals surface area contributed by atoms with Gasteiger partial charge in [0.25, 0.3) is 0 Å². The van der Waals surface area contributed by atoms with Crippen LogP contribution >= 0.6 is 0 Å². The second-order valence-electron chi connectivity index (χ2n) is 5.89. The number of H-pyrrole nitrogens is 1. The zero-order chi connectivity index (χ0) is 13.2. The van der Waals surface area contributed by atoms with Crippen LogP contribution in [0.4, 0.5) is 0 Å². The van der Waals surface area contributed by atoms with Crippen LogP contribution in [0.15, 0.2) is 18.3 Å². The van der Waals surface area contributed by atoms with E-state index in [2.05, 4.69) is 30.2 Å². The van der Waals surface area contributed by atoms with Gasteiger partial charge in [0.2, 0.25) is 0 Å². The maximum Gasteiger partial charge on any atom is 0.0459 e. The molecule has 0 fully saturated rings. The molecule has 2 heteroatoms. The summed E-state index contributed by atoms with van der Waals surface area (Å²) < 4.78 is 0. The summed E-state index contributed by atoms with van der Waals surface area (Å²) in [6, 6.07) is 5.13. The summed E-state index contributed by atoms with van der Waals surface area (Å²) in [5, 5.41) is 1.42. The molecule has 2 aromatic rings.